The van der Waals surface area contributed by atoms with Gasteiger partial charge in [-0.2, -0.15) is 5.10 Å². The third-order valence-electron chi connectivity index (χ3n) is 7.35. The van der Waals surface area contributed by atoms with Crippen molar-refractivity contribution in [1.82, 2.24) is 29.3 Å². The van der Waals surface area contributed by atoms with E-state index in [2.05, 4.69) is 14.9 Å². The number of amides is 1. The summed E-state index contributed by atoms with van der Waals surface area (Å²) in [5.74, 6) is -0.402. The van der Waals surface area contributed by atoms with Crippen LogP contribution in [0.2, 0.25) is 0 Å². The van der Waals surface area contributed by atoms with Crippen LogP contribution in [0.4, 0.5) is 14.6 Å². The van der Waals surface area contributed by atoms with Gasteiger partial charge in [0.2, 0.25) is 5.88 Å². The van der Waals surface area contributed by atoms with E-state index in [1.54, 1.807) is 7.05 Å². The number of aliphatic hydroxyl groups is 1. The van der Waals surface area contributed by atoms with Gasteiger partial charge in [0.05, 0.1) is 16.7 Å². The number of rotatable bonds is 10. The molecule has 1 saturated heterocycles. The van der Waals surface area contributed by atoms with E-state index >= 15 is 0 Å². The quantitative estimate of drug-likeness (QED) is 0.324. The Morgan fingerprint density at radius 1 is 1.26 bits per heavy atom. The van der Waals surface area contributed by atoms with Crippen LogP contribution >= 0.6 is 9.24 Å². The largest absolute Gasteiger partial charge is 0.476 e. The fraction of sp³-hybridized carbons (Fsp3) is 0.538. The van der Waals surface area contributed by atoms with E-state index in [-0.39, 0.29) is 52.8 Å². The number of hydrogen-bond donors (Lipinski definition) is 2. The summed E-state index contributed by atoms with van der Waals surface area (Å²) in [4.78, 5) is 19.9. The Morgan fingerprint density at radius 3 is 2.52 bits per heavy atom. The van der Waals surface area contributed by atoms with Gasteiger partial charge in [-0.3, -0.25) is 9.48 Å². The van der Waals surface area contributed by atoms with Crippen molar-refractivity contribution in [2.24, 2.45) is 18.4 Å². The topological polar surface area (TPSA) is 144 Å². The number of anilines is 1. The predicted octanol–water partition coefficient (Wildman–Crippen LogP) is 2.90. The maximum atomic E-state index is 13.9. The second kappa shape index (κ2) is 11.2. The van der Waals surface area contributed by atoms with Crippen LogP contribution in [0.5, 0.6) is 5.88 Å². The van der Waals surface area contributed by atoms with Crippen molar-refractivity contribution in [2.75, 3.05) is 24.7 Å². The number of nitrogens with one attached hydrogen (secondary N) is 1. The van der Waals surface area contributed by atoms with Gasteiger partial charge in [0.1, 0.15) is 17.3 Å². The number of nitrogens with zero attached hydrogens (tertiary/aromatic N) is 6. The molecule has 3 aromatic heterocycles. The minimum absolute atomic E-state index is 0.00332. The van der Waals surface area contributed by atoms with Gasteiger partial charge in [0.25, 0.3) is 21.6 Å². The van der Waals surface area contributed by atoms with Gasteiger partial charge in [-0.1, -0.05) is 23.1 Å². The molecule has 16 heteroatoms. The first-order chi connectivity index (χ1) is 19.3. The SMILES string of the molecule is Cc1nn(C)cc1S(=O)(=O)NC(=O)c1ccc(-n2ccc(OCC(C)(C)C(F)(F)P)n2)nc1N1CC(CO)CC1(C)C. The minimum atomic E-state index is -4.25. The number of aryl methyl sites for hydroxylation is 2. The Bertz CT molecular complexity index is 1580. The molecule has 0 spiro atoms. The summed E-state index contributed by atoms with van der Waals surface area (Å²) in [6, 6.07) is 4.44. The van der Waals surface area contributed by atoms with Crippen molar-refractivity contribution < 1.29 is 31.8 Å². The summed E-state index contributed by atoms with van der Waals surface area (Å²) < 4.78 is 64.2. The highest BCUT2D eigenvalue weighted by molar-refractivity contribution is 7.90. The van der Waals surface area contributed by atoms with Gasteiger partial charge < -0.3 is 14.7 Å². The number of ether oxygens (including phenoxy) is 1. The smallest absolute Gasteiger partial charge is 0.268 e. The summed E-state index contributed by atoms with van der Waals surface area (Å²) in [7, 11) is -1.15. The molecule has 0 aromatic carbocycles. The third-order valence-corrected chi connectivity index (χ3v) is 9.56. The maximum Gasteiger partial charge on any atom is 0.268 e. The van der Waals surface area contributed by atoms with Crippen molar-refractivity contribution >= 4 is 31.0 Å². The zero-order valence-corrected chi connectivity index (χ0v) is 26.3. The summed E-state index contributed by atoms with van der Waals surface area (Å²) in [5, 5.41) is 18.2. The standard InChI is InChI=1S/C26H36F2N7O5PS/c1-16-19(13-33(6)30-16)42(38,39)32-23(37)18-7-8-20(29-22(18)34-12-17(14-36)11-25(34,4)5)35-10-9-21(31-35)40-15-24(2,3)26(27,28)41/h7-10,13,17,36H,11-12,14-15,41H2,1-6H3,(H,32,37). The normalized spacial score (nSPS) is 17.5. The van der Waals surface area contributed by atoms with Gasteiger partial charge in [0, 0.05) is 50.1 Å². The van der Waals surface area contributed by atoms with Crippen LogP contribution in [-0.2, 0) is 17.1 Å². The number of alkyl halides is 2. The fourth-order valence-corrected chi connectivity index (χ4v) is 6.04. The fourth-order valence-electron chi connectivity index (χ4n) is 4.77. The second-order valence-electron chi connectivity index (χ2n) is 11.8. The number of sulfonamides is 1. The van der Waals surface area contributed by atoms with Gasteiger partial charge in [-0.15, -0.1) is 5.10 Å². The average Bonchev–Trinajstić information content (AvgIpc) is 3.57. The molecule has 0 aliphatic carbocycles. The molecule has 1 aliphatic heterocycles. The minimum Gasteiger partial charge on any atom is -0.476 e. The molecule has 1 fully saturated rings. The highest BCUT2D eigenvalue weighted by Gasteiger charge is 2.43. The lowest BCUT2D eigenvalue weighted by atomic mass is 9.95. The van der Waals surface area contributed by atoms with E-state index in [1.165, 1.54) is 70.0 Å². The van der Waals surface area contributed by atoms with E-state index in [0.717, 1.165) is 0 Å². The number of halogens is 2. The number of carbonyl (C=O) groups excluding carboxylic acids is 1. The van der Waals surface area contributed by atoms with Crippen LogP contribution in [0.25, 0.3) is 5.82 Å². The number of carbonyl (C=O) groups is 1. The van der Waals surface area contributed by atoms with E-state index in [4.69, 9.17) is 9.72 Å². The molecule has 1 amide bonds. The molecule has 4 heterocycles. The first-order valence-electron chi connectivity index (χ1n) is 13.2. The Kier molecular flexibility index (Phi) is 8.44. The van der Waals surface area contributed by atoms with Crippen LogP contribution in [0.15, 0.2) is 35.5 Å². The predicted molar refractivity (Wildman–Crippen MR) is 155 cm³/mol. The molecule has 4 rings (SSSR count). The highest BCUT2D eigenvalue weighted by atomic mass is 32.2. The van der Waals surface area contributed by atoms with Gasteiger partial charge in [0.15, 0.2) is 5.82 Å². The van der Waals surface area contributed by atoms with E-state index < -0.39 is 32.5 Å². The van der Waals surface area contributed by atoms with E-state index in [1.807, 2.05) is 18.7 Å². The summed E-state index contributed by atoms with van der Waals surface area (Å²) >= 11 is 0. The van der Waals surface area contributed by atoms with Crippen LogP contribution in [0.3, 0.4) is 0 Å². The molecule has 2 unspecified atom stereocenters. The first kappa shape index (κ1) is 31.8. The molecule has 0 bridgehead atoms. The molecular weight excluding hydrogens is 591 g/mol. The first-order valence-corrected chi connectivity index (χ1v) is 15.2. The van der Waals surface area contributed by atoms with Crippen molar-refractivity contribution in [3.63, 3.8) is 0 Å². The molecular formula is C26H36F2N7O5PS. The zero-order valence-electron chi connectivity index (χ0n) is 24.3. The lowest BCUT2D eigenvalue weighted by Crippen LogP contribution is -2.41. The van der Waals surface area contributed by atoms with Crippen molar-refractivity contribution in [3.05, 3.63) is 41.9 Å². The van der Waals surface area contributed by atoms with Crippen LogP contribution in [-0.4, -0.2) is 74.9 Å². The maximum absolute atomic E-state index is 13.9. The summed E-state index contributed by atoms with van der Waals surface area (Å²) in [6.07, 6.45) is 3.45. The number of aromatic nitrogens is 5. The number of hydrogen-bond acceptors (Lipinski definition) is 9. The molecule has 1 aliphatic rings. The lowest BCUT2D eigenvalue weighted by molar-refractivity contribution is -0.0441. The molecule has 12 nitrogen and oxygen atoms in total. The zero-order chi connectivity index (χ0) is 31.3. The van der Waals surface area contributed by atoms with Gasteiger partial charge >= 0.3 is 0 Å². The molecule has 230 valence electrons. The Morgan fingerprint density at radius 2 is 1.95 bits per heavy atom. The molecule has 2 N–H and O–H groups in total. The van der Waals surface area contributed by atoms with Crippen LogP contribution < -0.4 is 14.4 Å². The van der Waals surface area contributed by atoms with E-state index in [0.29, 0.717) is 13.0 Å². The van der Waals surface area contributed by atoms with E-state index in [9.17, 15) is 27.1 Å². The van der Waals surface area contributed by atoms with Crippen molar-refractivity contribution in [2.45, 2.75) is 57.1 Å². The summed E-state index contributed by atoms with van der Waals surface area (Å²) in [5.41, 5.74) is -4.81. The number of pyridine rings is 1. The number of aliphatic hydroxyl groups excluding tert-OH is 1. The molecule has 42 heavy (non-hydrogen) atoms. The van der Waals surface area contributed by atoms with Crippen LogP contribution in [0.1, 0.15) is 50.2 Å². The van der Waals surface area contributed by atoms with Gasteiger partial charge in [-0.25, -0.2) is 31.6 Å². The average molecular weight is 628 g/mol. The van der Waals surface area contributed by atoms with Crippen molar-refractivity contribution in [1.29, 1.82) is 0 Å². The third kappa shape index (κ3) is 6.42. The molecule has 3 aromatic rings. The Hall–Kier alpha value is -3.16. The molecule has 0 radical (unpaired) electrons. The molecule has 0 saturated carbocycles. The second-order valence-corrected chi connectivity index (χ2v) is 14.2. The van der Waals surface area contributed by atoms with Crippen LogP contribution in [0, 0.1) is 18.3 Å². The monoisotopic (exact) mass is 627 g/mol. The highest BCUT2D eigenvalue weighted by Crippen LogP contribution is 2.42. The molecule has 2 atom stereocenters. The Balaban J connectivity index is 1.69. The van der Waals surface area contributed by atoms with Crippen molar-refractivity contribution in [3.8, 4) is 11.7 Å². The Labute approximate surface area is 245 Å². The summed E-state index contributed by atoms with van der Waals surface area (Å²) in [6.45, 7) is 8.17. The van der Waals surface area contributed by atoms with Gasteiger partial charge in [-0.05, 0) is 39.3 Å². The lowest BCUT2D eigenvalue weighted by Gasteiger charge is -2.34.